The van der Waals surface area contributed by atoms with Crippen LogP contribution in [0, 0.1) is 5.82 Å². The SMILES string of the molecule is CCOC(=O)CCN(Cc1ccc(F)cc1)C(=O)Cc1cccs1. The standard InChI is InChI=1S/C18H20FNO3S/c1-2-23-18(22)9-10-20(13-14-5-7-15(19)8-6-14)17(21)12-16-4-3-11-24-16/h3-8,11H,2,9-10,12-13H2,1H3. The predicted molar refractivity (Wildman–Crippen MR) is 91.1 cm³/mol. The molecule has 0 bridgehead atoms. The molecule has 0 N–H and O–H groups in total. The van der Waals surface area contributed by atoms with Crippen molar-refractivity contribution in [2.24, 2.45) is 0 Å². The summed E-state index contributed by atoms with van der Waals surface area (Å²) >= 11 is 1.52. The van der Waals surface area contributed by atoms with Gasteiger partial charge in [0.05, 0.1) is 19.4 Å². The Kier molecular flexibility index (Phi) is 6.93. The number of esters is 1. The zero-order valence-electron chi connectivity index (χ0n) is 13.5. The second-order valence-electron chi connectivity index (χ2n) is 5.25. The van der Waals surface area contributed by atoms with E-state index in [2.05, 4.69) is 0 Å². The first-order valence-corrected chi connectivity index (χ1v) is 8.66. The van der Waals surface area contributed by atoms with Crippen LogP contribution in [0.1, 0.15) is 23.8 Å². The number of thiophene rings is 1. The maximum absolute atomic E-state index is 13.0. The van der Waals surface area contributed by atoms with Gasteiger partial charge in [0, 0.05) is 18.0 Å². The summed E-state index contributed by atoms with van der Waals surface area (Å²) in [5, 5.41) is 1.92. The Labute approximate surface area is 144 Å². The maximum Gasteiger partial charge on any atom is 0.307 e. The van der Waals surface area contributed by atoms with E-state index in [1.165, 1.54) is 23.5 Å². The number of carbonyl (C=O) groups excluding carboxylic acids is 2. The molecule has 0 fully saturated rings. The van der Waals surface area contributed by atoms with Crippen LogP contribution in [0.4, 0.5) is 4.39 Å². The van der Waals surface area contributed by atoms with E-state index >= 15 is 0 Å². The van der Waals surface area contributed by atoms with Gasteiger partial charge in [-0.15, -0.1) is 11.3 Å². The third-order valence-corrected chi connectivity index (χ3v) is 4.31. The molecule has 1 aromatic carbocycles. The number of carbonyl (C=O) groups is 2. The van der Waals surface area contributed by atoms with Gasteiger partial charge in [0.15, 0.2) is 0 Å². The van der Waals surface area contributed by atoms with Gasteiger partial charge >= 0.3 is 5.97 Å². The smallest absolute Gasteiger partial charge is 0.307 e. The minimum atomic E-state index is -0.328. The van der Waals surface area contributed by atoms with E-state index in [4.69, 9.17) is 4.74 Å². The van der Waals surface area contributed by atoms with Crippen LogP contribution >= 0.6 is 11.3 Å². The summed E-state index contributed by atoms with van der Waals surface area (Å²) in [4.78, 5) is 26.7. The van der Waals surface area contributed by atoms with Crippen LogP contribution in [-0.4, -0.2) is 29.9 Å². The molecule has 4 nitrogen and oxygen atoms in total. The van der Waals surface area contributed by atoms with Gasteiger partial charge in [0.1, 0.15) is 5.82 Å². The van der Waals surface area contributed by atoms with Gasteiger partial charge in [-0.25, -0.2) is 4.39 Å². The number of hydrogen-bond acceptors (Lipinski definition) is 4. The van der Waals surface area contributed by atoms with Gasteiger partial charge in [-0.2, -0.15) is 0 Å². The number of nitrogens with zero attached hydrogens (tertiary/aromatic N) is 1. The van der Waals surface area contributed by atoms with Crippen LogP contribution in [0.15, 0.2) is 41.8 Å². The van der Waals surface area contributed by atoms with Crippen molar-refractivity contribution in [2.75, 3.05) is 13.2 Å². The van der Waals surface area contributed by atoms with Crippen molar-refractivity contribution in [3.63, 3.8) is 0 Å². The molecule has 0 aliphatic carbocycles. The number of benzene rings is 1. The van der Waals surface area contributed by atoms with E-state index in [0.717, 1.165) is 10.4 Å². The Bertz CT molecular complexity index is 655. The molecule has 0 spiro atoms. The molecule has 0 saturated heterocycles. The zero-order valence-corrected chi connectivity index (χ0v) is 14.4. The topological polar surface area (TPSA) is 46.6 Å². The highest BCUT2D eigenvalue weighted by Crippen LogP contribution is 2.13. The molecule has 128 valence electrons. The number of amides is 1. The molecule has 2 rings (SSSR count). The lowest BCUT2D eigenvalue weighted by atomic mass is 10.2. The normalized spacial score (nSPS) is 10.4. The van der Waals surface area contributed by atoms with Crippen molar-refractivity contribution in [3.05, 3.63) is 58.0 Å². The third kappa shape index (κ3) is 5.77. The van der Waals surface area contributed by atoms with Crippen LogP contribution < -0.4 is 0 Å². The first-order valence-electron chi connectivity index (χ1n) is 7.78. The summed E-state index contributed by atoms with van der Waals surface area (Å²) in [5.41, 5.74) is 0.819. The quantitative estimate of drug-likeness (QED) is 0.686. The Hall–Kier alpha value is -2.21. The van der Waals surface area contributed by atoms with Gasteiger partial charge in [0.2, 0.25) is 5.91 Å². The molecule has 0 radical (unpaired) electrons. The summed E-state index contributed by atoms with van der Waals surface area (Å²) in [7, 11) is 0. The fourth-order valence-corrected chi connectivity index (χ4v) is 2.93. The van der Waals surface area contributed by atoms with Crippen molar-refractivity contribution < 1.29 is 18.7 Å². The Balaban J connectivity index is 2.03. The lowest BCUT2D eigenvalue weighted by Gasteiger charge is -2.22. The second-order valence-corrected chi connectivity index (χ2v) is 6.29. The molecular formula is C18H20FNO3S. The van der Waals surface area contributed by atoms with Gasteiger partial charge in [0.25, 0.3) is 0 Å². The van der Waals surface area contributed by atoms with Crippen LogP contribution in [0.2, 0.25) is 0 Å². The Morgan fingerprint density at radius 3 is 2.58 bits per heavy atom. The summed E-state index contributed by atoms with van der Waals surface area (Å²) in [6.45, 7) is 2.68. The predicted octanol–water partition coefficient (Wildman–Crippen LogP) is 3.41. The minimum absolute atomic E-state index is 0.0638. The van der Waals surface area contributed by atoms with E-state index in [9.17, 15) is 14.0 Å². The highest BCUT2D eigenvalue weighted by molar-refractivity contribution is 7.10. The van der Waals surface area contributed by atoms with E-state index < -0.39 is 0 Å². The highest BCUT2D eigenvalue weighted by atomic mass is 32.1. The minimum Gasteiger partial charge on any atom is -0.466 e. The Morgan fingerprint density at radius 2 is 1.96 bits per heavy atom. The number of rotatable bonds is 8. The summed E-state index contributed by atoms with van der Waals surface area (Å²) in [6.07, 6.45) is 0.437. The molecule has 1 amide bonds. The van der Waals surface area contributed by atoms with Gasteiger partial charge in [-0.1, -0.05) is 18.2 Å². The number of ether oxygens (including phenoxy) is 1. The van der Waals surface area contributed by atoms with Gasteiger partial charge < -0.3 is 9.64 Å². The van der Waals surface area contributed by atoms with Crippen molar-refractivity contribution in [2.45, 2.75) is 26.3 Å². The van der Waals surface area contributed by atoms with Crippen LogP contribution in [0.5, 0.6) is 0 Å². The highest BCUT2D eigenvalue weighted by Gasteiger charge is 2.17. The fraction of sp³-hybridized carbons (Fsp3) is 0.333. The van der Waals surface area contributed by atoms with Crippen LogP contribution in [0.3, 0.4) is 0 Å². The van der Waals surface area contributed by atoms with Crippen LogP contribution in [-0.2, 0) is 27.3 Å². The maximum atomic E-state index is 13.0. The molecule has 24 heavy (non-hydrogen) atoms. The fourth-order valence-electron chi connectivity index (χ4n) is 2.24. The largest absolute Gasteiger partial charge is 0.466 e. The molecule has 1 heterocycles. The average Bonchev–Trinajstić information content (AvgIpc) is 3.06. The molecule has 0 unspecified atom stereocenters. The van der Waals surface area contributed by atoms with E-state index in [0.29, 0.717) is 19.6 Å². The average molecular weight is 349 g/mol. The summed E-state index contributed by atoms with van der Waals surface area (Å²) < 4.78 is 18.0. The first-order chi connectivity index (χ1) is 11.6. The van der Waals surface area contributed by atoms with Crippen molar-refractivity contribution >= 4 is 23.2 Å². The van der Waals surface area contributed by atoms with Crippen molar-refractivity contribution in [1.29, 1.82) is 0 Å². The lowest BCUT2D eigenvalue weighted by Crippen LogP contribution is -2.33. The molecular weight excluding hydrogens is 329 g/mol. The van der Waals surface area contributed by atoms with E-state index in [1.807, 2.05) is 17.5 Å². The van der Waals surface area contributed by atoms with Crippen LogP contribution in [0.25, 0.3) is 0 Å². The van der Waals surface area contributed by atoms with E-state index in [1.54, 1.807) is 24.0 Å². The lowest BCUT2D eigenvalue weighted by molar-refractivity contribution is -0.144. The number of halogens is 1. The molecule has 0 atom stereocenters. The number of hydrogen-bond donors (Lipinski definition) is 0. The molecule has 0 aliphatic heterocycles. The molecule has 0 saturated carbocycles. The molecule has 1 aromatic heterocycles. The summed E-state index contributed by atoms with van der Waals surface area (Å²) in [6, 6.07) is 9.82. The third-order valence-electron chi connectivity index (χ3n) is 3.44. The zero-order chi connectivity index (χ0) is 17.4. The molecule has 2 aromatic rings. The first kappa shape index (κ1) is 18.1. The summed E-state index contributed by atoms with van der Waals surface area (Å²) in [5.74, 6) is -0.710. The molecule has 0 aliphatic rings. The van der Waals surface area contributed by atoms with Gasteiger partial charge in [-0.05, 0) is 36.1 Å². The van der Waals surface area contributed by atoms with Crippen molar-refractivity contribution in [3.8, 4) is 0 Å². The molecule has 6 heteroatoms. The second kappa shape index (κ2) is 9.17. The monoisotopic (exact) mass is 349 g/mol. The van der Waals surface area contributed by atoms with Crippen molar-refractivity contribution in [1.82, 2.24) is 4.90 Å². The van der Waals surface area contributed by atoms with Gasteiger partial charge in [-0.3, -0.25) is 9.59 Å². The van der Waals surface area contributed by atoms with E-state index in [-0.39, 0.29) is 30.7 Å². The Morgan fingerprint density at radius 1 is 1.21 bits per heavy atom.